The largest absolute Gasteiger partial charge is 0.299 e. The summed E-state index contributed by atoms with van der Waals surface area (Å²) in [4.78, 5) is 5.72. The molecule has 2 nitrogen and oxygen atoms in total. The topological polar surface area (TPSA) is 12.5 Å². The summed E-state index contributed by atoms with van der Waals surface area (Å²) in [5, 5.41) is 2.89. The van der Waals surface area contributed by atoms with Crippen LogP contribution in [-0.2, 0) is 11.3 Å². The molecule has 0 radical (unpaired) electrons. The van der Waals surface area contributed by atoms with Crippen molar-refractivity contribution >= 4 is 11.6 Å². The number of hydrogen-bond donors (Lipinski definition) is 0. The molecule has 3 heteroatoms. The van der Waals surface area contributed by atoms with Crippen LogP contribution in [0.5, 0.6) is 0 Å². The van der Waals surface area contributed by atoms with Gasteiger partial charge in [0.2, 0.25) is 0 Å². The van der Waals surface area contributed by atoms with Crippen LogP contribution in [0.2, 0.25) is 5.02 Å². The maximum absolute atomic E-state index is 5.92. The second kappa shape index (κ2) is 6.24. The molecule has 0 bridgehead atoms. The van der Waals surface area contributed by atoms with Crippen LogP contribution in [0, 0.1) is 0 Å². The minimum absolute atomic E-state index is 0.750. The molecule has 0 saturated carbocycles. The van der Waals surface area contributed by atoms with E-state index in [2.05, 4.69) is 11.1 Å². The minimum Gasteiger partial charge on any atom is -0.299 e. The average molecular weight is 240 g/mol. The van der Waals surface area contributed by atoms with Crippen LogP contribution < -0.4 is 0 Å². The Bertz CT molecular complexity index is 323. The Kier molecular flexibility index (Phi) is 4.64. The number of halogens is 1. The van der Waals surface area contributed by atoms with E-state index < -0.39 is 0 Å². The minimum atomic E-state index is 0.750. The Hall–Kier alpha value is -0.570. The molecule has 16 heavy (non-hydrogen) atoms. The Morgan fingerprint density at radius 3 is 2.75 bits per heavy atom. The van der Waals surface area contributed by atoms with E-state index in [1.807, 2.05) is 18.2 Å². The zero-order valence-electron chi connectivity index (χ0n) is 9.49. The number of hydrogen-bond acceptors (Lipinski definition) is 2. The number of benzene rings is 1. The lowest BCUT2D eigenvalue weighted by Gasteiger charge is -2.25. The number of rotatable bonds is 4. The van der Waals surface area contributed by atoms with Crippen molar-refractivity contribution in [3.05, 3.63) is 34.9 Å². The number of hydroxylamine groups is 2. The Morgan fingerprint density at radius 1 is 1.19 bits per heavy atom. The molecule has 0 N–H and O–H groups in total. The zero-order chi connectivity index (χ0) is 11.2. The van der Waals surface area contributed by atoms with Gasteiger partial charge in [-0.15, -0.1) is 0 Å². The molecule has 1 aliphatic rings. The lowest BCUT2D eigenvalue weighted by Crippen LogP contribution is -2.30. The van der Waals surface area contributed by atoms with Crippen LogP contribution >= 0.6 is 11.6 Å². The quantitative estimate of drug-likeness (QED) is 0.800. The lowest BCUT2D eigenvalue weighted by atomic mass is 10.2. The second-order valence-corrected chi connectivity index (χ2v) is 4.64. The van der Waals surface area contributed by atoms with Crippen LogP contribution in [0.3, 0.4) is 0 Å². The van der Waals surface area contributed by atoms with E-state index in [1.165, 1.54) is 24.8 Å². The van der Waals surface area contributed by atoms with Crippen LogP contribution in [0.1, 0.15) is 24.8 Å². The molecule has 0 unspecified atom stereocenters. The third-order valence-electron chi connectivity index (χ3n) is 2.87. The first-order chi connectivity index (χ1) is 7.84. The Balaban J connectivity index is 1.71. The highest BCUT2D eigenvalue weighted by Gasteiger charge is 2.09. The highest BCUT2D eigenvalue weighted by atomic mass is 35.5. The van der Waals surface area contributed by atoms with Gasteiger partial charge < -0.3 is 0 Å². The molecular weight excluding hydrogens is 222 g/mol. The first-order valence-corrected chi connectivity index (χ1v) is 6.35. The van der Waals surface area contributed by atoms with Crippen LogP contribution in [-0.4, -0.2) is 24.8 Å². The van der Waals surface area contributed by atoms with Gasteiger partial charge in [-0.2, -0.15) is 5.06 Å². The highest BCUT2D eigenvalue weighted by molar-refractivity contribution is 6.30. The lowest BCUT2D eigenvalue weighted by molar-refractivity contribution is -0.167. The smallest absolute Gasteiger partial charge is 0.0725 e. The monoisotopic (exact) mass is 239 g/mol. The summed E-state index contributed by atoms with van der Waals surface area (Å²) in [6, 6.07) is 7.97. The molecule has 1 aromatic rings. The standard InChI is InChI=1S/C13H18ClNO/c14-13-6-4-5-12(11-13)7-10-16-15-8-2-1-3-9-15/h4-6,11H,1-3,7-10H2. The molecule has 0 amide bonds. The first-order valence-electron chi connectivity index (χ1n) is 5.97. The third kappa shape index (κ3) is 3.78. The van der Waals surface area contributed by atoms with E-state index in [9.17, 15) is 0 Å². The van der Waals surface area contributed by atoms with Gasteiger partial charge in [-0.1, -0.05) is 30.2 Å². The zero-order valence-corrected chi connectivity index (χ0v) is 10.2. The van der Waals surface area contributed by atoms with Crippen LogP contribution in [0.25, 0.3) is 0 Å². The third-order valence-corrected chi connectivity index (χ3v) is 3.10. The van der Waals surface area contributed by atoms with Crippen LogP contribution in [0.15, 0.2) is 24.3 Å². The van der Waals surface area contributed by atoms with E-state index in [1.54, 1.807) is 0 Å². The molecule has 1 fully saturated rings. The summed E-state index contributed by atoms with van der Waals surface area (Å²) >= 11 is 5.92. The summed E-state index contributed by atoms with van der Waals surface area (Å²) in [6.45, 7) is 2.91. The van der Waals surface area contributed by atoms with E-state index >= 15 is 0 Å². The second-order valence-electron chi connectivity index (χ2n) is 4.20. The first kappa shape index (κ1) is 11.9. The van der Waals surface area contributed by atoms with Gasteiger partial charge >= 0.3 is 0 Å². The van der Waals surface area contributed by atoms with E-state index in [0.29, 0.717) is 0 Å². The Labute approximate surface area is 102 Å². The van der Waals surface area contributed by atoms with Gasteiger partial charge in [-0.3, -0.25) is 4.84 Å². The van der Waals surface area contributed by atoms with Gasteiger partial charge in [-0.25, -0.2) is 0 Å². The van der Waals surface area contributed by atoms with Crippen molar-refractivity contribution in [2.45, 2.75) is 25.7 Å². The van der Waals surface area contributed by atoms with Crippen molar-refractivity contribution in [2.24, 2.45) is 0 Å². The predicted octanol–water partition coefficient (Wildman–Crippen LogP) is 3.30. The molecule has 1 heterocycles. The summed E-state index contributed by atoms with van der Waals surface area (Å²) in [7, 11) is 0. The van der Waals surface area contributed by atoms with Crippen molar-refractivity contribution in [3.8, 4) is 0 Å². The van der Waals surface area contributed by atoms with Crippen molar-refractivity contribution in [2.75, 3.05) is 19.7 Å². The van der Waals surface area contributed by atoms with Gasteiger partial charge in [0.1, 0.15) is 0 Å². The molecular formula is C13H18ClNO. The fraction of sp³-hybridized carbons (Fsp3) is 0.538. The highest BCUT2D eigenvalue weighted by Crippen LogP contribution is 2.12. The average Bonchev–Trinajstić information content (AvgIpc) is 2.30. The van der Waals surface area contributed by atoms with Gasteiger partial charge in [-0.05, 0) is 37.0 Å². The van der Waals surface area contributed by atoms with Gasteiger partial charge in [0.05, 0.1) is 6.61 Å². The summed E-state index contributed by atoms with van der Waals surface area (Å²) in [5.74, 6) is 0. The van der Waals surface area contributed by atoms with E-state index in [4.69, 9.17) is 16.4 Å². The molecule has 1 aliphatic heterocycles. The molecule has 2 rings (SSSR count). The normalized spacial score (nSPS) is 17.6. The number of piperidine rings is 1. The van der Waals surface area contributed by atoms with Crippen LogP contribution in [0.4, 0.5) is 0 Å². The molecule has 0 aromatic heterocycles. The SMILES string of the molecule is Clc1cccc(CCON2CCCCC2)c1. The maximum Gasteiger partial charge on any atom is 0.0725 e. The van der Waals surface area contributed by atoms with Crippen molar-refractivity contribution < 1.29 is 4.84 Å². The van der Waals surface area contributed by atoms with E-state index in [0.717, 1.165) is 31.1 Å². The molecule has 0 spiro atoms. The van der Waals surface area contributed by atoms with Crippen molar-refractivity contribution in [1.82, 2.24) is 5.06 Å². The van der Waals surface area contributed by atoms with Gasteiger partial charge in [0, 0.05) is 18.1 Å². The van der Waals surface area contributed by atoms with Gasteiger partial charge in [0.25, 0.3) is 0 Å². The van der Waals surface area contributed by atoms with E-state index in [-0.39, 0.29) is 0 Å². The summed E-state index contributed by atoms with van der Waals surface area (Å²) in [6.07, 6.45) is 4.79. The van der Waals surface area contributed by atoms with Crippen molar-refractivity contribution in [1.29, 1.82) is 0 Å². The maximum atomic E-state index is 5.92. The molecule has 1 saturated heterocycles. The number of nitrogens with zero attached hydrogens (tertiary/aromatic N) is 1. The summed E-state index contributed by atoms with van der Waals surface area (Å²) < 4.78 is 0. The Morgan fingerprint density at radius 2 is 2.00 bits per heavy atom. The van der Waals surface area contributed by atoms with Gasteiger partial charge in [0.15, 0.2) is 0 Å². The molecule has 1 aromatic carbocycles. The molecule has 0 atom stereocenters. The van der Waals surface area contributed by atoms with Crippen molar-refractivity contribution in [3.63, 3.8) is 0 Å². The predicted molar refractivity (Wildman–Crippen MR) is 66.5 cm³/mol. The molecule has 88 valence electrons. The fourth-order valence-electron chi connectivity index (χ4n) is 1.98. The summed E-state index contributed by atoms with van der Waals surface area (Å²) in [5.41, 5.74) is 1.24. The molecule has 0 aliphatic carbocycles. The fourth-order valence-corrected chi connectivity index (χ4v) is 2.19.